The maximum absolute atomic E-state index is 13.0. The van der Waals surface area contributed by atoms with Crippen LogP contribution in [0.4, 0.5) is 0 Å². The standard InChI is InChI=1S/C24H26ClN3O2/c1-18-17-30-23-15-20(25)9-10-21(23)24(29)28(18)14-5-4-12-27-13-6-7-19(16-27)22-8-2-3-11-26-22/h2-3,7-11,15,17H,4-6,12-14,16H2,1H3. The van der Waals surface area contributed by atoms with Crippen molar-refractivity contribution in [3.05, 3.63) is 76.9 Å². The highest BCUT2D eigenvalue weighted by Crippen LogP contribution is 2.29. The van der Waals surface area contributed by atoms with E-state index in [9.17, 15) is 4.79 Å². The number of rotatable bonds is 6. The molecule has 2 aliphatic heterocycles. The van der Waals surface area contributed by atoms with Crippen molar-refractivity contribution in [2.75, 3.05) is 26.2 Å². The lowest BCUT2D eigenvalue weighted by atomic mass is 10.1. The van der Waals surface area contributed by atoms with Crippen LogP contribution >= 0.6 is 11.6 Å². The number of ether oxygens (including phenoxy) is 1. The van der Waals surface area contributed by atoms with Crippen molar-refractivity contribution in [2.45, 2.75) is 26.2 Å². The second kappa shape index (κ2) is 9.45. The molecule has 0 saturated heterocycles. The fourth-order valence-corrected chi connectivity index (χ4v) is 4.07. The van der Waals surface area contributed by atoms with Crippen molar-refractivity contribution >= 4 is 23.1 Å². The summed E-state index contributed by atoms with van der Waals surface area (Å²) in [7, 11) is 0. The Labute approximate surface area is 182 Å². The molecule has 0 aliphatic carbocycles. The molecule has 1 aromatic carbocycles. The molecule has 0 fully saturated rings. The lowest BCUT2D eigenvalue weighted by Crippen LogP contribution is -2.32. The minimum Gasteiger partial charge on any atom is -0.462 e. The summed E-state index contributed by atoms with van der Waals surface area (Å²) < 4.78 is 5.67. The predicted molar refractivity (Wildman–Crippen MR) is 119 cm³/mol. The Morgan fingerprint density at radius 1 is 1.17 bits per heavy atom. The number of pyridine rings is 1. The van der Waals surface area contributed by atoms with Gasteiger partial charge in [-0.25, -0.2) is 0 Å². The third-order valence-corrected chi connectivity index (χ3v) is 5.77. The van der Waals surface area contributed by atoms with Crippen molar-refractivity contribution < 1.29 is 9.53 Å². The number of hydrogen-bond donors (Lipinski definition) is 0. The molecule has 1 amide bonds. The molecular formula is C24H26ClN3O2. The molecule has 0 radical (unpaired) electrons. The fourth-order valence-electron chi connectivity index (χ4n) is 3.91. The van der Waals surface area contributed by atoms with Crippen LogP contribution in [-0.4, -0.2) is 46.9 Å². The summed E-state index contributed by atoms with van der Waals surface area (Å²) in [5.74, 6) is 0.475. The Bertz CT molecular complexity index is 972. The zero-order valence-corrected chi connectivity index (χ0v) is 17.9. The quantitative estimate of drug-likeness (QED) is 0.613. The second-order valence-corrected chi connectivity index (χ2v) is 8.13. The minimum absolute atomic E-state index is 0.0359. The average molecular weight is 424 g/mol. The maximum atomic E-state index is 13.0. The molecule has 5 nitrogen and oxygen atoms in total. The smallest absolute Gasteiger partial charge is 0.261 e. The van der Waals surface area contributed by atoms with E-state index in [0.29, 0.717) is 22.9 Å². The number of allylic oxidation sites excluding steroid dienone is 1. The Kier molecular flexibility index (Phi) is 6.50. The summed E-state index contributed by atoms with van der Waals surface area (Å²) in [4.78, 5) is 21.7. The highest BCUT2D eigenvalue weighted by atomic mass is 35.5. The summed E-state index contributed by atoms with van der Waals surface area (Å²) in [6, 6.07) is 11.2. The van der Waals surface area contributed by atoms with E-state index in [1.54, 1.807) is 29.4 Å². The molecule has 156 valence electrons. The summed E-state index contributed by atoms with van der Waals surface area (Å²) in [6.45, 7) is 5.58. The second-order valence-electron chi connectivity index (χ2n) is 7.69. The number of carbonyl (C=O) groups excluding carboxylic acids is 1. The van der Waals surface area contributed by atoms with Gasteiger partial charge in [-0.3, -0.25) is 14.7 Å². The van der Waals surface area contributed by atoms with Crippen LogP contribution in [0.2, 0.25) is 5.02 Å². The molecule has 2 aromatic rings. The van der Waals surface area contributed by atoms with Crippen molar-refractivity contribution in [3.63, 3.8) is 0 Å². The van der Waals surface area contributed by atoms with Crippen LogP contribution in [0.5, 0.6) is 5.75 Å². The van der Waals surface area contributed by atoms with Gasteiger partial charge in [-0.2, -0.15) is 0 Å². The first-order valence-electron chi connectivity index (χ1n) is 10.4. The van der Waals surface area contributed by atoms with E-state index in [4.69, 9.17) is 16.3 Å². The maximum Gasteiger partial charge on any atom is 0.261 e. The number of nitrogens with zero attached hydrogens (tertiary/aromatic N) is 3. The summed E-state index contributed by atoms with van der Waals surface area (Å²) in [5, 5.41) is 0.557. The zero-order chi connectivity index (χ0) is 20.9. The highest BCUT2D eigenvalue weighted by molar-refractivity contribution is 6.30. The molecule has 0 N–H and O–H groups in total. The Hall–Kier alpha value is -2.63. The third-order valence-electron chi connectivity index (χ3n) is 5.53. The third kappa shape index (κ3) is 4.74. The average Bonchev–Trinajstić information content (AvgIpc) is 2.88. The predicted octanol–water partition coefficient (Wildman–Crippen LogP) is 5.00. The molecule has 0 saturated carbocycles. The summed E-state index contributed by atoms with van der Waals surface area (Å²) in [5.41, 5.74) is 3.73. The summed E-state index contributed by atoms with van der Waals surface area (Å²) >= 11 is 6.04. The van der Waals surface area contributed by atoms with Gasteiger partial charge in [0.25, 0.3) is 5.91 Å². The zero-order valence-electron chi connectivity index (χ0n) is 17.2. The molecule has 30 heavy (non-hydrogen) atoms. The minimum atomic E-state index is -0.0359. The van der Waals surface area contributed by atoms with Gasteiger partial charge in [0.15, 0.2) is 0 Å². The summed E-state index contributed by atoms with van der Waals surface area (Å²) in [6.07, 6.45) is 8.79. The number of carbonyl (C=O) groups is 1. The van der Waals surface area contributed by atoms with E-state index in [0.717, 1.165) is 50.3 Å². The lowest BCUT2D eigenvalue weighted by Gasteiger charge is -2.27. The van der Waals surface area contributed by atoms with Gasteiger partial charge < -0.3 is 9.64 Å². The first kappa shape index (κ1) is 20.6. The van der Waals surface area contributed by atoms with Gasteiger partial charge in [0.05, 0.1) is 17.0 Å². The van der Waals surface area contributed by atoms with Crippen molar-refractivity contribution in [3.8, 4) is 5.75 Å². The van der Waals surface area contributed by atoms with Crippen LogP contribution in [0.3, 0.4) is 0 Å². The topological polar surface area (TPSA) is 45.7 Å². The molecule has 2 aliphatic rings. The van der Waals surface area contributed by atoms with Gasteiger partial charge in [-0.05, 0) is 62.6 Å². The molecule has 6 heteroatoms. The van der Waals surface area contributed by atoms with Gasteiger partial charge in [-0.1, -0.05) is 23.7 Å². The van der Waals surface area contributed by atoms with E-state index in [1.165, 1.54) is 5.57 Å². The molecule has 1 aromatic heterocycles. The molecule has 3 heterocycles. The fraction of sp³-hybridized carbons (Fsp3) is 0.333. The van der Waals surface area contributed by atoms with Crippen LogP contribution < -0.4 is 4.74 Å². The largest absolute Gasteiger partial charge is 0.462 e. The van der Waals surface area contributed by atoms with Gasteiger partial charge in [0.2, 0.25) is 0 Å². The first-order chi connectivity index (χ1) is 14.6. The number of aromatic nitrogens is 1. The Balaban J connectivity index is 1.30. The van der Waals surface area contributed by atoms with Crippen molar-refractivity contribution in [2.24, 2.45) is 0 Å². The number of hydrogen-bond acceptors (Lipinski definition) is 4. The Morgan fingerprint density at radius 3 is 2.87 bits per heavy atom. The van der Waals surface area contributed by atoms with E-state index in [-0.39, 0.29) is 5.91 Å². The van der Waals surface area contributed by atoms with Crippen LogP contribution in [0.25, 0.3) is 5.57 Å². The normalized spacial score (nSPS) is 17.0. The molecular weight excluding hydrogens is 398 g/mol. The molecule has 0 spiro atoms. The van der Waals surface area contributed by atoms with E-state index in [2.05, 4.69) is 22.0 Å². The van der Waals surface area contributed by atoms with E-state index in [1.807, 2.05) is 25.3 Å². The number of halogens is 1. The number of benzene rings is 1. The van der Waals surface area contributed by atoms with Crippen LogP contribution in [0, 0.1) is 0 Å². The van der Waals surface area contributed by atoms with Crippen LogP contribution in [0.15, 0.2) is 60.6 Å². The van der Waals surface area contributed by atoms with Crippen LogP contribution in [0.1, 0.15) is 42.2 Å². The monoisotopic (exact) mass is 423 g/mol. The number of unbranched alkanes of at least 4 members (excludes halogenated alkanes) is 1. The van der Waals surface area contributed by atoms with Gasteiger partial charge >= 0.3 is 0 Å². The Morgan fingerprint density at radius 2 is 2.03 bits per heavy atom. The van der Waals surface area contributed by atoms with Crippen molar-refractivity contribution in [1.29, 1.82) is 0 Å². The molecule has 4 rings (SSSR count). The van der Waals surface area contributed by atoms with E-state index < -0.39 is 0 Å². The van der Waals surface area contributed by atoms with Crippen LogP contribution in [-0.2, 0) is 0 Å². The van der Waals surface area contributed by atoms with Gasteiger partial charge in [0.1, 0.15) is 12.0 Å². The molecule has 0 atom stereocenters. The molecule has 0 bridgehead atoms. The lowest BCUT2D eigenvalue weighted by molar-refractivity contribution is 0.0804. The highest BCUT2D eigenvalue weighted by Gasteiger charge is 2.24. The SMILES string of the molecule is CC1=COc2cc(Cl)ccc2C(=O)N1CCCCN1CCC=C(c2ccccn2)C1. The molecule has 0 unspecified atom stereocenters. The number of fused-ring (bicyclic) bond motifs is 1. The van der Waals surface area contributed by atoms with Gasteiger partial charge in [-0.15, -0.1) is 0 Å². The van der Waals surface area contributed by atoms with Crippen molar-refractivity contribution in [1.82, 2.24) is 14.8 Å². The van der Waals surface area contributed by atoms with E-state index >= 15 is 0 Å². The van der Waals surface area contributed by atoms with Gasteiger partial charge in [0, 0.05) is 36.9 Å². The first-order valence-corrected chi connectivity index (χ1v) is 10.8. The number of amides is 1.